The van der Waals surface area contributed by atoms with Crippen LogP contribution in [-0.4, -0.2) is 14.2 Å². The van der Waals surface area contributed by atoms with Gasteiger partial charge in [0, 0.05) is 5.54 Å². The Morgan fingerprint density at radius 1 is 0.913 bits per heavy atom. The van der Waals surface area contributed by atoms with Crippen LogP contribution in [0.1, 0.15) is 24.0 Å². The van der Waals surface area contributed by atoms with E-state index in [1.807, 2.05) is 30.3 Å². The van der Waals surface area contributed by atoms with Gasteiger partial charge in [0.15, 0.2) is 0 Å². The maximum atomic E-state index is 8.41. The van der Waals surface area contributed by atoms with Crippen LogP contribution in [0.15, 0.2) is 48.5 Å². The minimum absolute atomic E-state index is 0. The summed E-state index contributed by atoms with van der Waals surface area (Å²) in [5, 5.41) is 8.41. The molecule has 122 valence electrons. The Labute approximate surface area is 143 Å². The van der Waals surface area contributed by atoms with Gasteiger partial charge in [-0.3, -0.25) is 0 Å². The molecule has 3 rings (SSSR count). The third-order valence-corrected chi connectivity index (χ3v) is 3.67. The molecule has 0 bridgehead atoms. The Bertz CT molecular complexity index is 644. The average molecular weight is 333 g/mol. The van der Waals surface area contributed by atoms with Crippen LogP contribution in [0.2, 0.25) is 0 Å². The molecule has 0 atom stereocenters. The lowest BCUT2D eigenvalue weighted by Gasteiger charge is -2.08. The molecule has 1 aliphatic carbocycles. The van der Waals surface area contributed by atoms with Crippen LogP contribution in [0.5, 0.6) is 11.5 Å². The van der Waals surface area contributed by atoms with Crippen LogP contribution >= 0.6 is 12.4 Å². The van der Waals surface area contributed by atoms with E-state index in [0.717, 1.165) is 24.3 Å². The van der Waals surface area contributed by atoms with Gasteiger partial charge in [-0.15, -0.1) is 12.4 Å². The highest BCUT2D eigenvalue weighted by Crippen LogP contribution is 2.42. The molecule has 0 aromatic heterocycles. The van der Waals surface area contributed by atoms with Crippen LogP contribution in [0.3, 0.4) is 0 Å². The van der Waals surface area contributed by atoms with E-state index in [9.17, 15) is 0 Å². The highest BCUT2D eigenvalue weighted by atomic mass is 35.5. The van der Waals surface area contributed by atoms with Gasteiger partial charge >= 0.3 is 0 Å². The van der Waals surface area contributed by atoms with Crippen molar-refractivity contribution in [1.82, 2.24) is 0 Å². The number of nitriles is 1. The van der Waals surface area contributed by atoms with Gasteiger partial charge in [-0.05, 0) is 54.8 Å². The molecule has 0 amide bonds. The molecule has 0 unspecified atom stereocenters. The van der Waals surface area contributed by atoms with Gasteiger partial charge in [-0.1, -0.05) is 12.1 Å². The van der Waals surface area contributed by atoms with Gasteiger partial charge in [-0.2, -0.15) is 5.26 Å². The first kappa shape index (κ1) is 18.8. The molecule has 1 aliphatic rings. The van der Waals surface area contributed by atoms with E-state index in [2.05, 4.69) is 0 Å². The molecule has 1 fully saturated rings. The second-order valence-corrected chi connectivity index (χ2v) is 5.22. The molecule has 23 heavy (non-hydrogen) atoms. The van der Waals surface area contributed by atoms with Gasteiger partial charge < -0.3 is 15.2 Å². The van der Waals surface area contributed by atoms with Crippen LogP contribution in [0.4, 0.5) is 0 Å². The second kappa shape index (κ2) is 8.42. The predicted octanol–water partition coefficient (Wildman–Crippen LogP) is 3.63. The number of rotatable bonds is 3. The number of hydrogen-bond donors (Lipinski definition) is 1. The van der Waals surface area contributed by atoms with E-state index in [4.69, 9.17) is 20.5 Å². The zero-order valence-electron chi connectivity index (χ0n) is 13.3. The van der Waals surface area contributed by atoms with Crippen molar-refractivity contribution in [3.8, 4) is 17.6 Å². The summed E-state index contributed by atoms with van der Waals surface area (Å²) < 4.78 is 9.97. The summed E-state index contributed by atoms with van der Waals surface area (Å²) in [6, 6.07) is 17.0. The van der Waals surface area contributed by atoms with Crippen molar-refractivity contribution < 1.29 is 9.47 Å². The lowest BCUT2D eigenvalue weighted by Crippen LogP contribution is -2.18. The van der Waals surface area contributed by atoms with Crippen molar-refractivity contribution in [2.75, 3.05) is 14.2 Å². The molecule has 0 aliphatic heterocycles. The summed E-state index contributed by atoms with van der Waals surface area (Å²) >= 11 is 0. The Morgan fingerprint density at radius 3 is 1.70 bits per heavy atom. The van der Waals surface area contributed by atoms with Crippen molar-refractivity contribution in [2.45, 2.75) is 18.4 Å². The molecule has 1 saturated carbocycles. The highest BCUT2D eigenvalue weighted by molar-refractivity contribution is 5.85. The maximum absolute atomic E-state index is 8.41. The van der Waals surface area contributed by atoms with Crippen molar-refractivity contribution in [2.24, 2.45) is 5.73 Å². The van der Waals surface area contributed by atoms with Crippen molar-refractivity contribution in [3.63, 3.8) is 0 Å². The summed E-state index contributed by atoms with van der Waals surface area (Å²) in [6.07, 6.45) is 2.22. The molecule has 0 radical (unpaired) electrons. The number of nitrogens with two attached hydrogens (primary N) is 1. The highest BCUT2D eigenvalue weighted by Gasteiger charge is 2.39. The van der Waals surface area contributed by atoms with Crippen LogP contribution < -0.4 is 15.2 Å². The number of halogens is 1. The van der Waals surface area contributed by atoms with Gasteiger partial charge in [0.2, 0.25) is 0 Å². The first-order valence-corrected chi connectivity index (χ1v) is 7.09. The first-order valence-electron chi connectivity index (χ1n) is 7.09. The van der Waals surface area contributed by atoms with E-state index < -0.39 is 0 Å². The lowest BCUT2D eigenvalue weighted by atomic mass is 10.1. The fourth-order valence-corrected chi connectivity index (χ4v) is 2.01. The fourth-order valence-electron chi connectivity index (χ4n) is 2.01. The minimum atomic E-state index is -0.0216. The van der Waals surface area contributed by atoms with Gasteiger partial charge in [0.05, 0.1) is 25.9 Å². The molecule has 4 nitrogen and oxygen atoms in total. The standard InChI is InChI=1S/C10H13NO.C8H7NO.ClH/c1-12-9-4-2-8(3-5-9)10(11)6-7-10;1-10-8-4-2-7(6-9)3-5-8;/h2-5H,6-7,11H2,1H3;2-5H,1H3;1H. The van der Waals surface area contributed by atoms with E-state index in [1.165, 1.54) is 5.56 Å². The maximum Gasteiger partial charge on any atom is 0.118 e. The first-order chi connectivity index (χ1) is 10.6. The molecule has 0 heterocycles. The molecule has 2 aromatic carbocycles. The zero-order chi connectivity index (χ0) is 16.0. The van der Waals surface area contributed by atoms with Crippen LogP contribution in [-0.2, 0) is 5.54 Å². The Morgan fingerprint density at radius 2 is 1.35 bits per heavy atom. The third kappa shape index (κ3) is 5.17. The van der Waals surface area contributed by atoms with Crippen molar-refractivity contribution >= 4 is 12.4 Å². The number of methoxy groups -OCH3 is 2. The van der Waals surface area contributed by atoms with Gasteiger partial charge in [0.1, 0.15) is 11.5 Å². The number of hydrogen-bond acceptors (Lipinski definition) is 4. The summed E-state index contributed by atoms with van der Waals surface area (Å²) in [6.45, 7) is 0. The van der Waals surface area contributed by atoms with Gasteiger partial charge in [0.25, 0.3) is 0 Å². The monoisotopic (exact) mass is 332 g/mol. The van der Waals surface area contributed by atoms with Crippen LogP contribution in [0, 0.1) is 11.3 Å². The molecular weight excluding hydrogens is 312 g/mol. The Hall–Kier alpha value is -2.22. The Balaban J connectivity index is 0.000000224. The lowest BCUT2D eigenvalue weighted by molar-refractivity contribution is 0.414. The van der Waals surface area contributed by atoms with E-state index in [-0.39, 0.29) is 17.9 Å². The normalized spacial score (nSPS) is 13.5. The zero-order valence-corrected chi connectivity index (χ0v) is 14.1. The van der Waals surface area contributed by atoms with Gasteiger partial charge in [-0.25, -0.2) is 0 Å². The molecule has 5 heteroatoms. The minimum Gasteiger partial charge on any atom is -0.497 e. The third-order valence-electron chi connectivity index (χ3n) is 3.67. The molecule has 0 saturated heterocycles. The number of benzene rings is 2. The summed E-state index contributed by atoms with van der Waals surface area (Å²) in [7, 11) is 3.27. The van der Waals surface area contributed by atoms with E-state index in [0.29, 0.717) is 5.56 Å². The Kier molecular flexibility index (Phi) is 6.89. The van der Waals surface area contributed by atoms with Crippen molar-refractivity contribution in [1.29, 1.82) is 5.26 Å². The largest absolute Gasteiger partial charge is 0.497 e. The second-order valence-electron chi connectivity index (χ2n) is 5.22. The molecule has 2 N–H and O–H groups in total. The molecule has 0 spiro atoms. The quantitative estimate of drug-likeness (QED) is 0.931. The number of ether oxygens (including phenoxy) is 2. The average Bonchev–Trinajstić information content (AvgIpc) is 3.34. The smallest absolute Gasteiger partial charge is 0.118 e. The predicted molar refractivity (Wildman–Crippen MR) is 93.1 cm³/mol. The SMILES string of the molecule is COc1ccc(C#N)cc1.COc1ccc(C2(N)CC2)cc1.Cl. The molecular formula is C18H21ClN2O2. The molecule has 2 aromatic rings. The topological polar surface area (TPSA) is 68.3 Å². The number of nitrogens with zero attached hydrogens (tertiary/aromatic N) is 1. The van der Waals surface area contributed by atoms with Crippen molar-refractivity contribution in [3.05, 3.63) is 59.7 Å². The van der Waals surface area contributed by atoms with E-state index in [1.54, 1.807) is 38.5 Å². The summed E-state index contributed by atoms with van der Waals surface area (Å²) in [5.41, 5.74) is 7.88. The van der Waals surface area contributed by atoms with E-state index >= 15 is 0 Å². The fraction of sp³-hybridized carbons (Fsp3) is 0.278. The van der Waals surface area contributed by atoms with Crippen LogP contribution in [0.25, 0.3) is 0 Å². The summed E-state index contributed by atoms with van der Waals surface area (Å²) in [4.78, 5) is 0. The summed E-state index contributed by atoms with van der Waals surface area (Å²) in [5.74, 6) is 1.67.